The van der Waals surface area contributed by atoms with Crippen molar-refractivity contribution >= 4 is 46.5 Å². The minimum absolute atomic E-state index is 0.962. The van der Waals surface area contributed by atoms with Gasteiger partial charge in [-0.25, -0.2) is 4.98 Å². The Kier molecular flexibility index (Phi) is 9.82. The summed E-state index contributed by atoms with van der Waals surface area (Å²) in [4.78, 5) is 6.12. The molecule has 39 heavy (non-hydrogen) atoms. The molecule has 0 saturated heterocycles. The summed E-state index contributed by atoms with van der Waals surface area (Å²) in [7, 11) is 0. The molecular weight excluding hydrogens is 498 g/mol. The van der Waals surface area contributed by atoms with E-state index in [9.17, 15) is 0 Å². The van der Waals surface area contributed by atoms with E-state index in [0.29, 0.717) is 0 Å². The standard InChI is InChI=1S/C27H23NS.C6H14O2.C2H6/c1-3-8-21-17(2)20-9-4-5-10-22(20)25-23-11-6-7-12-24(23)28-27(26(21)25)18-13-15-19(29)16-14-18;1-5(2,7)6(3,4)8;1-2/h3,5-8,10-16,29H,4,9H2,1-2H3;7-8H,1-4H3;1-2H3/b8-3-;;. The summed E-state index contributed by atoms with van der Waals surface area (Å²) in [5.41, 5.74) is 6.71. The van der Waals surface area contributed by atoms with Gasteiger partial charge in [0.1, 0.15) is 0 Å². The van der Waals surface area contributed by atoms with Crippen LogP contribution in [0.4, 0.5) is 0 Å². The maximum absolute atomic E-state index is 9.10. The topological polar surface area (TPSA) is 53.4 Å². The van der Waals surface area contributed by atoms with Crippen molar-refractivity contribution in [2.75, 3.05) is 0 Å². The largest absolute Gasteiger partial charge is 0.387 e. The normalized spacial score (nSPS) is 13.1. The quantitative estimate of drug-likeness (QED) is 0.179. The number of hydrogen-bond acceptors (Lipinski definition) is 4. The van der Waals surface area contributed by atoms with Gasteiger partial charge in [0.15, 0.2) is 0 Å². The van der Waals surface area contributed by atoms with Crippen molar-refractivity contribution in [3.8, 4) is 11.3 Å². The van der Waals surface area contributed by atoms with Crippen LogP contribution in [0.1, 0.15) is 77.1 Å². The van der Waals surface area contributed by atoms with Crippen LogP contribution in [0.5, 0.6) is 0 Å². The zero-order chi connectivity index (χ0) is 29.0. The second-order valence-electron chi connectivity index (χ2n) is 10.8. The zero-order valence-electron chi connectivity index (χ0n) is 24.6. The van der Waals surface area contributed by atoms with Crippen LogP contribution in [0, 0.1) is 6.92 Å². The van der Waals surface area contributed by atoms with Gasteiger partial charge in [0, 0.05) is 26.6 Å². The fourth-order valence-electron chi connectivity index (χ4n) is 4.60. The number of nitrogens with zero attached hydrogens (tertiary/aromatic N) is 1. The Morgan fingerprint density at radius 1 is 0.897 bits per heavy atom. The lowest BCUT2D eigenvalue weighted by molar-refractivity contribution is -0.107. The number of pyridine rings is 1. The molecule has 0 aliphatic heterocycles. The molecule has 4 aromatic rings. The van der Waals surface area contributed by atoms with Gasteiger partial charge in [0.25, 0.3) is 0 Å². The lowest BCUT2D eigenvalue weighted by Gasteiger charge is -2.31. The first-order valence-electron chi connectivity index (χ1n) is 13.8. The van der Waals surface area contributed by atoms with Crippen LogP contribution in [0.25, 0.3) is 45.1 Å². The van der Waals surface area contributed by atoms with Crippen LogP contribution in [-0.4, -0.2) is 26.4 Å². The van der Waals surface area contributed by atoms with E-state index in [1.54, 1.807) is 27.7 Å². The van der Waals surface area contributed by atoms with E-state index < -0.39 is 11.2 Å². The lowest BCUT2D eigenvalue weighted by Crippen LogP contribution is -2.44. The fraction of sp³-hybridized carbons (Fsp3) is 0.343. The molecule has 0 saturated carbocycles. The number of para-hydroxylation sites is 1. The van der Waals surface area contributed by atoms with E-state index >= 15 is 0 Å². The van der Waals surface area contributed by atoms with Crippen LogP contribution in [0.3, 0.4) is 0 Å². The van der Waals surface area contributed by atoms with E-state index in [2.05, 4.69) is 87.2 Å². The molecule has 0 radical (unpaired) electrons. The number of aliphatic hydroxyl groups is 2. The molecule has 3 nitrogen and oxygen atoms in total. The fourth-order valence-corrected chi connectivity index (χ4v) is 4.74. The molecule has 206 valence electrons. The molecule has 1 aliphatic rings. The molecule has 0 fully saturated rings. The van der Waals surface area contributed by atoms with E-state index in [1.165, 1.54) is 38.4 Å². The molecule has 4 heteroatoms. The first-order valence-corrected chi connectivity index (χ1v) is 14.3. The average Bonchev–Trinajstić information content (AvgIpc) is 2.91. The number of fused-ring (bicyclic) bond motifs is 5. The monoisotopic (exact) mass is 541 g/mol. The lowest BCUT2D eigenvalue weighted by atomic mass is 9.82. The molecule has 1 aliphatic carbocycles. The third kappa shape index (κ3) is 6.46. The van der Waals surface area contributed by atoms with Crippen molar-refractivity contribution < 1.29 is 10.2 Å². The third-order valence-electron chi connectivity index (χ3n) is 7.43. The van der Waals surface area contributed by atoms with Crippen molar-refractivity contribution in [3.63, 3.8) is 0 Å². The minimum atomic E-state index is -1.01. The maximum atomic E-state index is 9.10. The van der Waals surface area contributed by atoms with Gasteiger partial charge in [-0.15, -0.1) is 12.6 Å². The van der Waals surface area contributed by atoms with E-state index in [4.69, 9.17) is 15.2 Å². The smallest absolute Gasteiger partial charge is 0.0872 e. The van der Waals surface area contributed by atoms with Gasteiger partial charge in [0.2, 0.25) is 0 Å². The van der Waals surface area contributed by atoms with Crippen LogP contribution in [-0.2, 0) is 6.42 Å². The van der Waals surface area contributed by atoms with Gasteiger partial charge in [-0.1, -0.05) is 68.5 Å². The molecule has 1 heterocycles. The van der Waals surface area contributed by atoms with Gasteiger partial charge in [0.05, 0.1) is 22.4 Å². The molecule has 1 aromatic heterocycles. The summed E-state index contributed by atoms with van der Waals surface area (Å²) < 4.78 is 0. The second-order valence-corrected chi connectivity index (χ2v) is 11.3. The number of benzene rings is 3. The maximum Gasteiger partial charge on any atom is 0.0872 e. The molecule has 0 unspecified atom stereocenters. The highest BCUT2D eigenvalue weighted by Crippen LogP contribution is 2.42. The molecule has 2 N–H and O–H groups in total. The van der Waals surface area contributed by atoms with Gasteiger partial charge >= 0.3 is 0 Å². The van der Waals surface area contributed by atoms with E-state index in [1.807, 2.05) is 26.0 Å². The van der Waals surface area contributed by atoms with Gasteiger partial charge in [-0.2, -0.15) is 0 Å². The van der Waals surface area contributed by atoms with Crippen molar-refractivity contribution in [1.82, 2.24) is 4.98 Å². The van der Waals surface area contributed by atoms with Gasteiger partial charge < -0.3 is 10.2 Å². The Bertz CT molecular complexity index is 1490. The Labute approximate surface area is 239 Å². The summed E-state index contributed by atoms with van der Waals surface area (Å²) in [5.74, 6) is 0. The summed E-state index contributed by atoms with van der Waals surface area (Å²) in [5, 5.41) is 22.0. The highest BCUT2D eigenvalue weighted by atomic mass is 32.1. The number of allylic oxidation sites excluding steroid dienone is 2. The van der Waals surface area contributed by atoms with Crippen molar-refractivity contribution in [2.24, 2.45) is 0 Å². The highest BCUT2D eigenvalue weighted by molar-refractivity contribution is 7.80. The molecule has 0 bridgehead atoms. The molecule has 5 rings (SSSR count). The number of thiol groups is 1. The van der Waals surface area contributed by atoms with Crippen LogP contribution >= 0.6 is 12.6 Å². The van der Waals surface area contributed by atoms with Crippen LogP contribution < -0.4 is 0 Å². The molecule has 0 spiro atoms. The average molecular weight is 542 g/mol. The van der Waals surface area contributed by atoms with Gasteiger partial charge in [-0.05, 0) is 94.8 Å². The molecule has 0 amide bonds. The molecular formula is C35H43NO2S. The predicted octanol–water partition coefficient (Wildman–Crippen LogP) is 9.20. The van der Waals surface area contributed by atoms with E-state index in [-0.39, 0.29) is 0 Å². The van der Waals surface area contributed by atoms with Crippen LogP contribution in [0.15, 0.2) is 65.6 Å². The van der Waals surface area contributed by atoms with Crippen molar-refractivity contribution in [3.05, 3.63) is 82.9 Å². The number of aromatic nitrogens is 1. The van der Waals surface area contributed by atoms with Crippen LogP contribution in [0.2, 0.25) is 0 Å². The Morgan fingerprint density at radius 3 is 2.10 bits per heavy atom. The Balaban J connectivity index is 0.000000364. The Hall–Kier alpha value is -2.92. The third-order valence-corrected chi connectivity index (χ3v) is 7.73. The first kappa shape index (κ1) is 30.6. The summed E-state index contributed by atoms with van der Waals surface area (Å²) in [6.45, 7) is 14.7. The molecule has 3 aromatic carbocycles. The number of hydrogen-bond donors (Lipinski definition) is 3. The van der Waals surface area contributed by atoms with Crippen molar-refractivity contribution in [1.29, 1.82) is 0 Å². The van der Waals surface area contributed by atoms with E-state index in [0.717, 1.165) is 34.5 Å². The Morgan fingerprint density at radius 2 is 1.51 bits per heavy atom. The predicted molar refractivity (Wildman–Crippen MR) is 173 cm³/mol. The summed E-state index contributed by atoms with van der Waals surface area (Å²) >= 11 is 4.47. The number of rotatable bonds is 3. The first-order chi connectivity index (χ1) is 18.4. The minimum Gasteiger partial charge on any atom is -0.387 e. The highest BCUT2D eigenvalue weighted by Gasteiger charge is 2.32. The molecule has 0 atom stereocenters. The summed E-state index contributed by atoms with van der Waals surface area (Å²) in [6, 6.07) is 16.9. The zero-order valence-corrected chi connectivity index (χ0v) is 25.5. The SMILES string of the molecule is C/C=C\c1c(C)c2c(c3c1c(-c1ccc(S)cc1)nc1ccccc13)C=CCC2.CC.CC(C)(O)C(C)(C)O. The second kappa shape index (κ2) is 12.5. The summed E-state index contributed by atoms with van der Waals surface area (Å²) in [6.07, 6.45) is 11.2. The van der Waals surface area contributed by atoms with Gasteiger partial charge in [-0.3, -0.25) is 0 Å². The van der Waals surface area contributed by atoms with Crippen molar-refractivity contribution in [2.45, 2.75) is 84.3 Å².